The van der Waals surface area contributed by atoms with E-state index in [9.17, 15) is 4.79 Å². The van der Waals surface area contributed by atoms with Crippen LogP contribution in [0.5, 0.6) is 0 Å². The molecule has 0 aromatic heterocycles. The molecule has 5 fully saturated rings. The highest BCUT2D eigenvalue weighted by atomic mass is 16.2. The lowest BCUT2D eigenvalue weighted by atomic mass is 9.49. The second kappa shape index (κ2) is 4.97. The van der Waals surface area contributed by atoms with Crippen LogP contribution in [0.15, 0.2) is 0 Å². The monoisotopic (exact) mass is 290 g/mol. The lowest BCUT2D eigenvalue weighted by Gasteiger charge is -2.57. The van der Waals surface area contributed by atoms with E-state index in [4.69, 9.17) is 0 Å². The zero-order chi connectivity index (χ0) is 14.6. The third-order valence-electron chi connectivity index (χ3n) is 6.71. The molecule has 5 rings (SSSR count). The first kappa shape index (κ1) is 14.0. The van der Waals surface area contributed by atoms with Gasteiger partial charge in [0.1, 0.15) is 0 Å². The fourth-order valence-corrected chi connectivity index (χ4v) is 6.35. The Kier molecular flexibility index (Phi) is 3.33. The summed E-state index contributed by atoms with van der Waals surface area (Å²) in [4.78, 5) is 15.8. The molecule has 1 unspecified atom stereocenters. The molecule has 4 aliphatic carbocycles. The molecule has 1 amide bonds. The van der Waals surface area contributed by atoms with Crippen molar-refractivity contribution in [2.75, 3.05) is 13.1 Å². The van der Waals surface area contributed by atoms with Crippen molar-refractivity contribution in [3.8, 4) is 0 Å². The van der Waals surface area contributed by atoms with E-state index >= 15 is 0 Å². The quantitative estimate of drug-likeness (QED) is 0.867. The number of hydrogen-bond acceptors (Lipinski definition) is 2. The summed E-state index contributed by atoms with van der Waals surface area (Å²) < 4.78 is 0. The Hall–Kier alpha value is -0.570. The van der Waals surface area contributed by atoms with Crippen molar-refractivity contribution in [2.45, 2.75) is 70.9 Å². The van der Waals surface area contributed by atoms with Gasteiger partial charge in [-0.2, -0.15) is 0 Å². The van der Waals surface area contributed by atoms with Crippen LogP contribution < -0.4 is 5.32 Å². The van der Waals surface area contributed by atoms with Gasteiger partial charge in [-0.15, -0.1) is 0 Å². The molecular weight excluding hydrogens is 260 g/mol. The van der Waals surface area contributed by atoms with Crippen molar-refractivity contribution < 1.29 is 4.79 Å². The highest BCUT2D eigenvalue weighted by molar-refractivity contribution is 5.84. The topological polar surface area (TPSA) is 32.3 Å². The highest BCUT2D eigenvalue weighted by Crippen LogP contribution is 2.60. The number of rotatable bonds is 3. The van der Waals surface area contributed by atoms with Crippen LogP contribution in [0.4, 0.5) is 0 Å². The Morgan fingerprint density at radius 2 is 1.67 bits per heavy atom. The van der Waals surface area contributed by atoms with Crippen molar-refractivity contribution in [2.24, 2.45) is 23.2 Å². The summed E-state index contributed by atoms with van der Waals surface area (Å²) in [5.74, 6) is 3.09. The Bertz CT molecular complexity index is 390. The summed E-state index contributed by atoms with van der Waals surface area (Å²) in [6, 6.07) is 0.779. The molecule has 4 bridgehead atoms. The van der Waals surface area contributed by atoms with Crippen LogP contribution in [0.1, 0.15) is 58.8 Å². The van der Waals surface area contributed by atoms with Crippen molar-refractivity contribution >= 4 is 5.91 Å². The van der Waals surface area contributed by atoms with Crippen LogP contribution >= 0.6 is 0 Å². The van der Waals surface area contributed by atoms with Crippen molar-refractivity contribution in [1.29, 1.82) is 0 Å². The van der Waals surface area contributed by atoms with Crippen LogP contribution in [0.2, 0.25) is 0 Å². The van der Waals surface area contributed by atoms with E-state index in [0.29, 0.717) is 18.0 Å². The molecule has 1 heterocycles. The molecule has 0 spiro atoms. The number of carbonyl (C=O) groups is 1. The predicted octanol–water partition coefficient (Wildman–Crippen LogP) is 2.80. The Labute approximate surface area is 128 Å². The molecule has 3 heteroatoms. The summed E-state index contributed by atoms with van der Waals surface area (Å²) >= 11 is 0. The van der Waals surface area contributed by atoms with Gasteiger partial charge in [-0.05, 0) is 83.1 Å². The average molecular weight is 290 g/mol. The van der Waals surface area contributed by atoms with E-state index in [0.717, 1.165) is 37.3 Å². The number of carbonyl (C=O) groups excluding carboxylic acids is 1. The summed E-state index contributed by atoms with van der Waals surface area (Å²) in [6.07, 6.45) is 8.97. The molecule has 4 saturated carbocycles. The lowest BCUT2D eigenvalue weighted by molar-refractivity contribution is -0.161. The minimum atomic E-state index is 0.0294. The van der Waals surface area contributed by atoms with Gasteiger partial charge in [-0.1, -0.05) is 0 Å². The molecule has 3 nitrogen and oxygen atoms in total. The van der Waals surface area contributed by atoms with E-state index in [1.54, 1.807) is 0 Å². The minimum Gasteiger partial charge on any atom is -0.335 e. The van der Waals surface area contributed by atoms with Crippen molar-refractivity contribution in [3.05, 3.63) is 0 Å². The van der Waals surface area contributed by atoms with E-state index < -0.39 is 0 Å². The average Bonchev–Trinajstić information content (AvgIpc) is 2.90. The molecule has 1 N–H and O–H groups in total. The van der Waals surface area contributed by atoms with E-state index in [2.05, 4.69) is 24.1 Å². The van der Waals surface area contributed by atoms with Gasteiger partial charge in [0.05, 0.1) is 5.41 Å². The maximum Gasteiger partial charge on any atom is 0.229 e. The molecule has 0 aromatic rings. The molecule has 5 aliphatic rings. The first-order chi connectivity index (χ1) is 10.1. The molecule has 1 aliphatic heterocycles. The van der Waals surface area contributed by atoms with E-state index in [-0.39, 0.29) is 5.41 Å². The molecule has 1 saturated heterocycles. The fourth-order valence-electron chi connectivity index (χ4n) is 6.35. The summed E-state index contributed by atoms with van der Waals surface area (Å²) in [6.45, 7) is 6.48. The first-order valence-corrected chi connectivity index (χ1v) is 9.11. The van der Waals surface area contributed by atoms with E-state index in [1.807, 2.05) is 0 Å². The SMILES string of the molecule is CC(C)N(C(=O)C12CC3CC(CC(C3)C1)C2)C1CCNC1. The highest BCUT2D eigenvalue weighted by Gasteiger charge is 2.56. The zero-order valence-corrected chi connectivity index (χ0v) is 13.6. The number of amides is 1. The standard InChI is InChI=1S/C18H30N2O/c1-12(2)20(16-3-4-19-11-16)17(21)18-8-13-5-14(9-18)7-15(6-13)10-18/h12-16,19H,3-11H2,1-2H3. The summed E-state index contributed by atoms with van der Waals surface area (Å²) in [5.41, 5.74) is 0.0294. The number of nitrogens with zero attached hydrogens (tertiary/aromatic N) is 1. The van der Waals surface area contributed by atoms with Gasteiger partial charge in [-0.3, -0.25) is 4.79 Å². The second-order valence-electron chi connectivity index (χ2n) is 8.65. The van der Waals surface area contributed by atoms with Crippen molar-refractivity contribution in [1.82, 2.24) is 10.2 Å². The Balaban J connectivity index is 1.60. The molecule has 1 atom stereocenters. The lowest BCUT2D eigenvalue weighted by Crippen LogP contribution is -2.58. The molecule has 0 aromatic carbocycles. The number of hydrogen-bond donors (Lipinski definition) is 1. The van der Waals surface area contributed by atoms with Gasteiger partial charge in [-0.25, -0.2) is 0 Å². The zero-order valence-electron chi connectivity index (χ0n) is 13.6. The van der Waals surface area contributed by atoms with Crippen LogP contribution in [0.3, 0.4) is 0 Å². The maximum atomic E-state index is 13.5. The van der Waals surface area contributed by atoms with Crippen LogP contribution in [-0.4, -0.2) is 36.0 Å². The second-order valence-corrected chi connectivity index (χ2v) is 8.65. The molecule has 118 valence electrons. The third kappa shape index (κ3) is 2.23. The predicted molar refractivity (Wildman–Crippen MR) is 83.9 cm³/mol. The molecule has 21 heavy (non-hydrogen) atoms. The van der Waals surface area contributed by atoms with Gasteiger partial charge in [0, 0.05) is 18.6 Å². The maximum absolute atomic E-state index is 13.5. The fraction of sp³-hybridized carbons (Fsp3) is 0.944. The summed E-state index contributed by atoms with van der Waals surface area (Å²) in [5, 5.41) is 3.44. The largest absolute Gasteiger partial charge is 0.335 e. The van der Waals surface area contributed by atoms with Crippen LogP contribution in [0, 0.1) is 23.2 Å². The van der Waals surface area contributed by atoms with E-state index in [1.165, 1.54) is 38.5 Å². The van der Waals surface area contributed by atoms with Gasteiger partial charge in [0.15, 0.2) is 0 Å². The minimum absolute atomic E-state index is 0.0294. The Morgan fingerprint density at radius 1 is 1.10 bits per heavy atom. The number of nitrogens with one attached hydrogen (secondary N) is 1. The summed E-state index contributed by atoms with van der Waals surface area (Å²) in [7, 11) is 0. The first-order valence-electron chi connectivity index (χ1n) is 9.11. The van der Waals surface area contributed by atoms with Crippen LogP contribution in [-0.2, 0) is 4.79 Å². The third-order valence-corrected chi connectivity index (χ3v) is 6.71. The Morgan fingerprint density at radius 3 is 2.10 bits per heavy atom. The molecular formula is C18H30N2O. The van der Waals surface area contributed by atoms with Gasteiger partial charge in [0.2, 0.25) is 5.91 Å². The van der Waals surface area contributed by atoms with Gasteiger partial charge >= 0.3 is 0 Å². The van der Waals surface area contributed by atoms with Crippen LogP contribution in [0.25, 0.3) is 0 Å². The molecule has 0 radical (unpaired) electrons. The normalized spacial score (nSPS) is 44.5. The van der Waals surface area contributed by atoms with Crippen molar-refractivity contribution in [3.63, 3.8) is 0 Å². The van der Waals surface area contributed by atoms with Gasteiger partial charge in [0.25, 0.3) is 0 Å². The van der Waals surface area contributed by atoms with Gasteiger partial charge < -0.3 is 10.2 Å². The smallest absolute Gasteiger partial charge is 0.229 e.